The number of aromatic nitrogens is 2. The Morgan fingerprint density at radius 2 is 1.91 bits per heavy atom. The predicted molar refractivity (Wildman–Crippen MR) is 133 cm³/mol. The number of nitrogens with one attached hydrogen (secondary N) is 3. The summed E-state index contributed by atoms with van der Waals surface area (Å²) in [5.74, 6) is 0.202. The molecule has 0 saturated carbocycles. The van der Waals surface area contributed by atoms with E-state index in [1.807, 2.05) is 18.2 Å². The van der Waals surface area contributed by atoms with Crippen LogP contribution in [0.25, 0.3) is 11.3 Å². The molecule has 5 rings (SSSR count). The zero-order valence-corrected chi connectivity index (χ0v) is 19.5. The zero-order chi connectivity index (χ0) is 23.7. The molecule has 1 fully saturated rings. The Morgan fingerprint density at radius 1 is 1.15 bits per heavy atom. The number of halogens is 1. The summed E-state index contributed by atoms with van der Waals surface area (Å²) in [5.41, 5.74) is 4.21. The van der Waals surface area contributed by atoms with Crippen molar-refractivity contribution in [2.45, 2.75) is 25.3 Å². The fourth-order valence-corrected chi connectivity index (χ4v) is 4.45. The number of amides is 2. The minimum Gasteiger partial charge on any atom is -0.349 e. The number of anilines is 3. The monoisotopic (exact) mass is 476 g/mol. The number of benzene rings is 2. The molecule has 8 nitrogen and oxygen atoms in total. The van der Waals surface area contributed by atoms with Gasteiger partial charge < -0.3 is 20.9 Å². The molecule has 3 aromatic rings. The van der Waals surface area contributed by atoms with E-state index in [2.05, 4.69) is 37.9 Å². The Balaban J connectivity index is 1.31. The van der Waals surface area contributed by atoms with Gasteiger partial charge in [0.25, 0.3) is 5.91 Å². The van der Waals surface area contributed by atoms with Gasteiger partial charge in [0.15, 0.2) is 0 Å². The number of nitrogens with zero attached hydrogens (tertiary/aromatic N) is 3. The van der Waals surface area contributed by atoms with Gasteiger partial charge in [-0.05, 0) is 75.4 Å². The Hall–Kier alpha value is -3.49. The fourth-order valence-electron chi connectivity index (χ4n) is 4.28. The lowest BCUT2D eigenvalue weighted by Crippen LogP contribution is -2.43. The number of piperidine rings is 1. The zero-order valence-electron chi connectivity index (χ0n) is 18.8. The van der Waals surface area contributed by atoms with Crippen molar-refractivity contribution >= 4 is 40.7 Å². The van der Waals surface area contributed by atoms with E-state index in [9.17, 15) is 9.59 Å². The van der Waals surface area contributed by atoms with Crippen LogP contribution in [0.1, 0.15) is 28.8 Å². The third-order valence-electron chi connectivity index (χ3n) is 6.18. The quantitative estimate of drug-likeness (QED) is 0.529. The van der Waals surface area contributed by atoms with E-state index in [0.717, 1.165) is 42.7 Å². The molecule has 9 heteroatoms. The van der Waals surface area contributed by atoms with Crippen LogP contribution in [0.3, 0.4) is 0 Å². The number of carbonyl (C=O) groups excluding carboxylic acids is 2. The van der Waals surface area contributed by atoms with Gasteiger partial charge in [0, 0.05) is 39.6 Å². The third kappa shape index (κ3) is 4.88. The van der Waals surface area contributed by atoms with Crippen molar-refractivity contribution in [1.82, 2.24) is 20.2 Å². The molecular weight excluding hydrogens is 452 g/mol. The molecule has 2 aromatic carbocycles. The molecule has 0 aliphatic carbocycles. The van der Waals surface area contributed by atoms with E-state index < -0.39 is 0 Å². The van der Waals surface area contributed by atoms with E-state index in [1.54, 1.807) is 30.5 Å². The lowest BCUT2D eigenvalue weighted by atomic mass is 10.0. The minimum absolute atomic E-state index is 0.0604. The van der Waals surface area contributed by atoms with Crippen LogP contribution in [0.2, 0.25) is 5.02 Å². The van der Waals surface area contributed by atoms with Gasteiger partial charge in [-0.3, -0.25) is 9.59 Å². The van der Waals surface area contributed by atoms with E-state index in [1.165, 1.54) is 0 Å². The van der Waals surface area contributed by atoms with Crippen LogP contribution in [0.4, 0.5) is 17.3 Å². The van der Waals surface area contributed by atoms with Crippen molar-refractivity contribution in [3.63, 3.8) is 0 Å². The highest BCUT2D eigenvalue weighted by atomic mass is 35.5. The summed E-state index contributed by atoms with van der Waals surface area (Å²) in [6.07, 6.45) is 3.78. The van der Waals surface area contributed by atoms with Crippen molar-refractivity contribution in [3.8, 4) is 11.3 Å². The van der Waals surface area contributed by atoms with E-state index in [-0.39, 0.29) is 24.3 Å². The fraction of sp³-hybridized carbons (Fsp3) is 0.280. The van der Waals surface area contributed by atoms with Gasteiger partial charge in [-0.1, -0.05) is 11.6 Å². The highest BCUT2D eigenvalue weighted by Gasteiger charge is 2.22. The van der Waals surface area contributed by atoms with Crippen LogP contribution in [0, 0.1) is 0 Å². The van der Waals surface area contributed by atoms with E-state index in [4.69, 9.17) is 11.6 Å². The Kier molecular flexibility index (Phi) is 6.17. The second-order valence-electron chi connectivity index (χ2n) is 8.74. The van der Waals surface area contributed by atoms with Crippen molar-refractivity contribution < 1.29 is 9.59 Å². The Bertz CT molecular complexity index is 1240. The molecule has 2 aliphatic rings. The lowest BCUT2D eigenvalue weighted by molar-refractivity contribution is -0.115. The second-order valence-corrected chi connectivity index (χ2v) is 9.17. The maximum Gasteiger partial charge on any atom is 0.251 e. The highest BCUT2D eigenvalue weighted by molar-refractivity contribution is 6.31. The Labute approximate surface area is 202 Å². The maximum atomic E-state index is 12.6. The molecule has 0 radical (unpaired) electrons. The molecule has 3 N–H and O–H groups in total. The molecule has 2 amide bonds. The van der Waals surface area contributed by atoms with Gasteiger partial charge in [0.05, 0.1) is 17.8 Å². The molecular formula is C25H25ClN6O2. The molecule has 1 aromatic heterocycles. The van der Waals surface area contributed by atoms with Crippen molar-refractivity contribution in [2.24, 2.45) is 0 Å². The molecule has 0 bridgehead atoms. The van der Waals surface area contributed by atoms with Gasteiger partial charge >= 0.3 is 0 Å². The summed E-state index contributed by atoms with van der Waals surface area (Å²) >= 11 is 6.11. The van der Waals surface area contributed by atoms with Crippen LogP contribution in [0.5, 0.6) is 0 Å². The molecule has 34 heavy (non-hydrogen) atoms. The van der Waals surface area contributed by atoms with Gasteiger partial charge in [0.2, 0.25) is 11.9 Å². The molecule has 0 atom stereocenters. The molecule has 1 saturated heterocycles. The van der Waals surface area contributed by atoms with Crippen molar-refractivity contribution in [1.29, 1.82) is 0 Å². The van der Waals surface area contributed by atoms with E-state index in [0.29, 0.717) is 27.9 Å². The van der Waals surface area contributed by atoms with Crippen molar-refractivity contribution in [3.05, 3.63) is 64.8 Å². The van der Waals surface area contributed by atoms with Crippen LogP contribution in [0.15, 0.2) is 48.7 Å². The number of carbonyl (C=O) groups is 2. The summed E-state index contributed by atoms with van der Waals surface area (Å²) in [6, 6.07) is 12.8. The maximum absolute atomic E-state index is 12.6. The molecule has 2 aliphatic heterocycles. The standard InChI is InChI=1S/C25H25ClN6O2/c1-32-10-8-19(9-11-32)28-24(34)15-2-5-18(6-3-15)29-25-27-14-16-12-22(33)30-21-13-17(26)4-7-20(21)23(16)31-25/h2-7,13-14,19H,8-12H2,1H3,(H,28,34)(H,30,33)(H,27,29,31). The number of hydrogen-bond donors (Lipinski definition) is 3. The van der Waals surface area contributed by atoms with Crippen molar-refractivity contribution in [2.75, 3.05) is 30.8 Å². The van der Waals surface area contributed by atoms with Gasteiger partial charge in [-0.15, -0.1) is 0 Å². The SMILES string of the molecule is CN1CCC(NC(=O)c2ccc(Nc3ncc4c(n3)-c3ccc(Cl)cc3NC(=O)C4)cc2)CC1. The van der Waals surface area contributed by atoms with Gasteiger partial charge in [0.1, 0.15) is 0 Å². The number of hydrogen-bond acceptors (Lipinski definition) is 6. The normalized spacial score (nSPS) is 16.1. The highest BCUT2D eigenvalue weighted by Crippen LogP contribution is 2.34. The summed E-state index contributed by atoms with van der Waals surface area (Å²) in [4.78, 5) is 36.2. The van der Waals surface area contributed by atoms with Gasteiger partial charge in [-0.25, -0.2) is 9.97 Å². The molecule has 0 unspecified atom stereocenters. The first-order valence-corrected chi connectivity index (χ1v) is 11.6. The first-order chi connectivity index (χ1) is 16.4. The number of fused-ring (bicyclic) bond motifs is 3. The first kappa shape index (κ1) is 22.3. The van der Waals surface area contributed by atoms with Crippen LogP contribution < -0.4 is 16.0 Å². The topological polar surface area (TPSA) is 99.2 Å². The molecule has 0 spiro atoms. The number of likely N-dealkylation sites (tertiary alicyclic amines) is 1. The Morgan fingerprint density at radius 3 is 2.68 bits per heavy atom. The van der Waals surface area contributed by atoms with Crippen LogP contribution in [-0.2, 0) is 11.2 Å². The largest absolute Gasteiger partial charge is 0.349 e. The summed E-state index contributed by atoms with van der Waals surface area (Å²) in [7, 11) is 2.10. The average molecular weight is 477 g/mol. The summed E-state index contributed by atoms with van der Waals surface area (Å²) < 4.78 is 0. The van der Waals surface area contributed by atoms with Crippen LogP contribution in [-0.4, -0.2) is 52.9 Å². The third-order valence-corrected chi connectivity index (χ3v) is 6.42. The van der Waals surface area contributed by atoms with Gasteiger partial charge in [-0.2, -0.15) is 0 Å². The molecule has 174 valence electrons. The minimum atomic E-state index is -0.138. The number of rotatable bonds is 4. The predicted octanol–water partition coefficient (Wildman–Crippen LogP) is 3.86. The summed E-state index contributed by atoms with van der Waals surface area (Å²) in [5, 5.41) is 9.73. The smallest absolute Gasteiger partial charge is 0.251 e. The van der Waals surface area contributed by atoms with E-state index >= 15 is 0 Å². The first-order valence-electron chi connectivity index (χ1n) is 11.3. The second kappa shape index (κ2) is 9.40. The van der Waals surface area contributed by atoms with Crippen LogP contribution >= 0.6 is 11.6 Å². The average Bonchev–Trinajstić information content (AvgIpc) is 2.95. The molecule has 3 heterocycles. The lowest BCUT2D eigenvalue weighted by Gasteiger charge is -2.29. The summed E-state index contributed by atoms with van der Waals surface area (Å²) in [6.45, 7) is 1.99.